The first-order valence-electron chi connectivity index (χ1n) is 2.76. The van der Waals surface area contributed by atoms with Gasteiger partial charge in [-0.1, -0.05) is 6.08 Å². The SMILES string of the molecule is C=C[C@H](N)c1ccco1.Cl. The second kappa shape index (κ2) is 4.14. The Hall–Kier alpha value is -0.730. The van der Waals surface area contributed by atoms with Gasteiger partial charge in [-0.15, -0.1) is 19.0 Å². The molecule has 0 saturated carbocycles. The molecule has 2 nitrogen and oxygen atoms in total. The maximum Gasteiger partial charge on any atom is 0.124 e. The third-order valence-electron chi connectivity index (χ3n) is 1.13. The minimum absolute atomic E-state index is 0. The van der Waals surface area contributed by atoms with Crippen molar-refractivity contribution < 1.29 is 4.42 Å². The van der Waals surface area contributed by atoms with Crippen LogP contribution in [-0.4, -0.2) is 0 Å². The fraction of sp³-hybridized carbons (Fsp3) is 0.143. The van der Waals surface area contributed by atoms with Crippen LogP contribution in [0.3, 0.4) is 0 Å². The van der Waals surface area contributed by atoms with Crippen molar-refractivity contribution in [1.82, 2.24) is 0 Å². The predicted molar refractivity (Wildman–Crippen MR) is 43.1 cm³/mol. The molecule has 2 N–H and O–H groups in total. The van der Waals surface area contributed by atoms with Crippen molar-refractivity contribution in [3.8, 4) is 0 Å². The van der Waals surface area contributed by atoms with Gasteiger partial charge in [-0.25, -0.2) is 0 Å². The maximum atomic E-state index is 5.53. The molecule has 1 aromatic rings. The summed E-state index contributed by atoms with van der Waals surface area (Å²) in [4.78, 5) is 0. The van der Waals surface area contributed by atoms with Gasteiger partial charge >= 0.3 is 0 Å². The van der Waals surface area contributed by atoms with E-state index in [-0.39, 0.29) is 18.4 Å². The summed E-state index contributed by atoms with van der Waals surface area (Å²) in [5, 5.41) is 0. The summed E-state index contributed by atoms with van der Waals surface area (Å²) >= 11 is 0. The van der Waals surface area contributed by atoms with Crippen molar-refractivity contribution in [2.24, 2.45) is 5.73 Å². The molecule has 0 fully saturated rings. The number of rotatable bonds is 2. The molecule has 1 rings (SSSR count). The van der Waals surface area contributed by atoms with E-state index < -0.39 is 0 Å². The molecule has 10 heavy (non-hydrogen) atoms. The molecule has 0 aliphatic rings. The molecule has 0 unspecified atom stereocenters. The summed E-state index contributed by atoms with van der Waals surface area (Å²) in [5.41, 5.74) is 5.53. The van der Waals surface area contributed by atoms with Crippen molar-refractivity contribution >= 4 is 12.4 Å². The number of nitrogens with two attached hydrogens (primary N) is 1. The van der Waals surface area contributed by atoms with Crippen LogP contribution in [0.4, 0.5) is 0 Å². The quantitative estimate of drug-likeness (QED) is 0.670. The van der Waals surface area contributed by atoms with Crippen LogP contribution in [0.15, 0.2) is 35.5 Å². The highest BCUT2D eigenvalue weighted by molar-refractivity contribution is 5.85. The smallest absolute Gasteiger partial charge is 0.124 e. The second-order valence-corrected chi connectivity index (χ2v) is 1.78. The average molecular weight is 160 g/mol. The van der Waals surface area contributed by atoms with Crippen LogP contribution in [0.2, 0.25) is 0 Å². The molecule has 0 aliphatic heterocycles. The molecule has 0 aliphatic carbocycles. The van der Waals surface area contributed by atoms with Gasteiger partial charge in [0.2, 0.25) is 0 Å². The molecule has 1 atom stereocenters. The van der Waals surface area contributed by atoms with Crippen LogP contribution in [0.25, 0.3) is 0 Å². The van der Waals surface area contributed by atoms with Gasteiger partial charge in [-0.3, -0.25) is 0 Å². The number of halogens is 1. The summed E-state index contributed by atoms with van der Waals surface area (Å²) in [5.74, 6) is 0.755. The van der Waals surface area contributed by atoms with Crippen LogP contribution in [0.1, 0.15) is 11.8 Å². The predicted octanol–water partition coefficient (Wildman–Crippen LogP) is 1.89. The van der Waals surface area contributed by atoms with E-state index in [2.05, 4.69) is 6.58 Å². The molecule has 1 heterocycles. The van der Waals surface area contributed by atoms with Gasteiger partial charge in [0.1, 0.15) is 5.76 Å². The molecule has 56 valence electrons. The van der Waals surface area contributed by atoms with Crippen molar-refractivity contribution in [2.45, 2.75) is 6.04 Å². The normalized spacial score (nSPS) is 11.7. The average Bonchev–Trinajstić information content (AvgIpc) is 2.37. The Kier molecular flexibility index (Phi) is 3.84. The molecule has 0 spiro atoms. The second-order valence-electron chi connectivity index (χ2n) is 1.78. The first-order chi connectivity index (χ1) is 4.34. The zero-order valence-corrected chi connectivity index (χ0v) is 6.30. The Balaban J connectivity index is 0.000000810. The lowest BCUT2D eigenvalue weighted by Gasteiger charge is -1.97. The van der Waals surface area contributed by atoms with E-state index in [4.69, 9.17) is 10.2 Å². The van der Waals surface area contributed by atoms with Crippen LogP contribution in [0.5, 0.6) is 0 Å². The van der Waals surface area contributed by atoms with Gasteiger partial charge in [-0.2, -0.15) is 0 Å². The monoisotopic (exact) mass is 159 g/mol. The zero-order chi connectivity index (χ0) is 6.69. The minimum Gasteiger partial charge on any atom is -0.467 e. The van der Waals surface area contributed by atoms with Gasteiger partial charge in [0.15, 0.2) is 0 Å². The van der Waals surface area contributed by atoms with Crippen molar-refractivity contribution in [2.75, 3.05) is 0 Å². The fourth-order valence-corrected chi connectivity index (χ4v) is 0.597. The van der Waals surface area contributed by atoms with Gasteiger partial charge in [-0.05, 0) is 12.1 Å². The zero-order valence-electron chi connectivity index (χ0n) is 5.49. The first kappa shape index (κ1) is 9.27. The summed E-state index contributed by atoms with van der Waals surface area (Å²) in [6.07, 6.45) is 3.23. The van der Waals surface area contributed by atoms with Gasteiger partial charge in [0.25, 0.3) is 0 Å². The molecular weight excluding hydrogens is 150 g/mol. The molecular formula is C7H10ClNO. The third-order valence-corrected chi connectivity index (χ3v) is 1.13. The van der Waals surface area contributed by atoms with E-state index in [1.54, 1.807) is 18.4 Å². The summed E-state index contributed by atoms with van der Waals surface area (Å²) in [6, 6.07) is 3.46. The first-order valence-corrected chi connectivity index (χ1v) is 2.76. The number of furan rings is 1. The minimum atomic E-state index is -0.167. The Morgan fingerprint density at radius 1 is 1.70 bits per heavy atom. The molecule has 0 saturated heterocycles. The number of hydrogen-bond donors (Lipinski definition) is 1. The van der Waals surface area contributed by atoms with E-state index >= 15 is 0 Å². The largest absolute Gasteiger partial charge is 0.467 e. The lowest BCUT2D eigenvalue weighted by molar-refractivity contribution is 0.494. The van der Waals surface area contributed by atoms with Crippen LogP contribution in [0, 0.1) is 0 Å². The highest BCUT2D eigenvalue weighted by atomic mass is 35.5. The Bertz CT molecular complexity index is 183. The van der Waals surface area contributed by atoms with E-state index in [9.17, 15) is 0 Å². The van der Waals surface area contributed by atoms with E-state index in [0.717, 1.165) is 5.76 Å². The molecule has 0 amide bonds. The van der Waals surface area contributed by atoms with E-state index in [0.29, 0.717) is 0 Å². The van der Waals surface area contributed by atoms with Crippen molar-refractivity contribution in [3.63, 3.8) is 0 Å². The summed E-state index contributed by atoms with van der Waals surface area (Å²) in [7, 11) is 0. The van der Waals surface area contributed by atoms with Gasteiger partial charge in [0.05, 0.1) is 12.3 Å². The van der Waals surface area contributed by atoms with Crippen LogP contribution >= 0.6 is 12.4 Å². The van der Waals surface area contributed by atoms with Gasteiger partial charge < -0.3 is 10.2 Å². The van der Waals surface area contributed by atoms with Crippen molar-refractivity contribution in [3.05, 3.63) is 36.8 Å². The molecule has 0 bridgehead atoms. The van der Waals surface area contributed by atoms with Crippen LogP contribution in [-0.2, 0) is 0 Å². The summed E-state index contributed by atoms with van der Waals surface area (Å²) < 4.78 is 4.99. The van der Waals surface area contributed by atoms with E-state index in [1.165, 1.54) is 0 Å². The Labute approximate surface area is 66.1 Å². The molecule has 1 aromatic heterocycles. The lowest BCUT2D eigenvalue weighted by atomic mass is 10.2. The fourth-order valence-electron chi connectivity index (χ4n) is 0.597. The molecule has 0 aromatic carbocycles. The highest BCUT2D eigenvalue weighted by Crippen LogP contribution is 2.09. The van der Waals surface area contributed by atoms with Crippen molar-refractivity contribution in [1.29, 1.82) is 0 Å². The third kappa shape index (κ3) is 1.90. The topological polar surface area (TPSA) is 39.2 Å². The molecule has 3 heteroatoms. The molecule has 0 radical (unpaired) electrons. The Morgan fingerprint density at radius 2 is 2.40 bits per heavy atom. The summed E-state index contributed by atoms with van der Waals surface area (Å²) in [6.45, 7) is 3.53. The number of hydrogen-bond acceptors (Lipinski definition) is 2. The lowest BCUT2D eigenvalue weighted by Crippen LogP contribution is -2.04. The highest BCUT2D eigenvalue weighted by Gasteiger charge is 2.00. The Morgan fingerprint density at radius 3 is 2.80 bits per heavy atom. The van der Waals surface area contributed by atoms with Gasteiger partial charge in [0, 0.05) is 0 Å². The van der Waals surface area contributed by atoms with E-state index in [1.807, 2.05) is 6.07 Å². The standard InChI is InChI=1S/C7H9NO.ClH/c1-2-6(8)7-4-3-5-9-7;/h2-6H,1,8H2;1H/t6-;/m0./s1. The van der Waals surface area contributed by atoms with Crippen LogP contribution < -0.4 is 5.73 Å². The maximum absolute atomic E-state index is 5.53.